The molecule has 1 heterocycles. The number of hydrogen-bond acceptors (Lipinski definition) is 5. The molecule has 1 aromatic rings. The predicted octanol–water partition coefficient (Wildman–Crippen LogP) is 3.30. The van der Waals surface area contributed by atoms with Gasteiger partial charge in [-0.15, -0.1) is 0 Å². The highest BCUT2D eigenvalue weighted by atomic mass is 16.5. The van der Waals surface area contributed by atoms with Gasteiger partial charge in [-0.05, 0) is 18.8 Å². The molecule has 21 heavy (non-hydrogen) atoms. The van der Waals surface area contributed by atoms with Gasteiger partial charge in [0.1, 0.15) is 18.2 Å². The Labute approximate surface area is 128 Å². The van der Waals surface area contributed by atoms with Gasteiger partial charge in [0.2, 0.25) is 5.88 Å². The van der Waals surface area contributed by atoms with Crippen molar-refractivity contribution in [1.82, 2.24) is 9.97 Å². The first kappa shape index (κ1) is 17.7. The molecule has 0 unspecified atom stereocenters. The molecule has 5 nitrogen and oxygen atoms in total. The Bertz CT molecular complexity index is 397. The average Bonchev–Trinajstić information content (AvgIpc) is 2.44. The Hall–Kier alpha value is -1.36. The fraction of sp³-hybridized carbons (Fsp3) is 0.750. The molecule has 0 aromatic carbocycles. The molecule has 0 amide bonds. The Balaban J connectivity index is 2.52. The molecule has 0 aliphatic rings. The van der Waals surface area contributed by atoms with Crippen LogP contribution in [0.2, 0.25) is 0 Å². The lowest BCUT2D eigenvalue weighted by Crippen LogP contribution is -2.12. The number of anilines is 1. The van der Waals surface area contributed by atoms with E-state index in [2.05, 4.69) is 43.0 Å². The van der Waals surface area contributed by atoms with E-state index in [9.17, 15) is 0 Å². The Morgan fingerprint density at radius 1 is 1.14 bits per heavy atom. The maximum Gasteiger partial charge on any atom is 0.218 e. The Kier molecular flexibility index (Phi) is 8.74. The number of nitrogens with one attached hydrogen (secondary N) is 1. The molecule has 1 aromatic heterocycles. The van der Waals surface area contributed by atoms with E-state index < -0.39 is 0 Å². The fourth-order valence-corrected chi connectivity index (χ4v) is 1.75. The molecule has 0 saturated heterocycles. The van der Waals surface area contributed by atoms with Crippen molar-refractivity contribution in [3.8, 4) is 5.88 Å². The van der Waals surface area contributed by atoms with E-state index in [0.717, 1.165) is 44.1 Å². The molecule has 1 rings (SSSR count). The van der Waals surface area contributed by atoms with Crippen molar-refractivity contribution in [3.05, 3.63) is 11.9 Å². The number of nitrogens with zero attached hydrogens (tertiary/aromatic N) is 2. The van der Waals surface area contributed by atoms with Gasteiger partial charge in [0.15, 0.2) is 0 Å². The zero-order valence-electron chi connectivity index (χ0n) is 13.8. The average molecular weight is 295 g/mol. The number of aryl methyl sites for hydroxylation is 1. The molecule has 0 saturated carbocycles. The first-order chi connectivity index (χ1) is 10.2. The third-order valence-electron chi connectivity index (χ3n) is 2.71. The van der Waals surface area contributed by atoms with Crippen LogP contribution in [-0.2, 0) is 11.2 Å². The summed E-state index contributed by atoms with van der Waals surface area (Å²) >= 11 is 0. The van der Waals surface area contributed by atoms with Gasteiger partial charge in [-0.3, -0.25) is 0 Å². The molecule has 120 valence electrons. The first-order valence-corrected chi connectivity index (χ1v) is 7.98. The number of hydrogen-bond donors (Lipinski definition) is 1. The van der Waals surface area contributed by atoms with E-state index in [4.69, 9.17) is 9.47 Å². The third-order valence-corrected chi connectivity index (χ3v) is 2.71. The molecule has 0 radical (unpaired) electrons. The summed E-state index contributed by atoms with van der Waals surface area (Å²) in [6, 6.07) is 1.86. The van der Waals surface area contributed by atoms with Crippen LogP contribution in [0, 0.1) is 5.92 Å². The van der Waals surface area contributed by atoms with Crippen LogP contribution < -0.4 is 10.1 Å². The second-order valence-electron chi connectivity index (χ2n) is 5.50. The van der Waals surface area contributed by atoms with Crippen molar-refractivity contribution in [2.24, 2.45) is 5.92 Å². The minimum atomic E-state index is 0.516. The molecular weight excluding hydrogens is 266 g/mol. The number of aromatic nitrogens is 2. The van der Waals surface area contributed by atoms with Crippen molar-refractivity contribution >= 4 is 5.82 Å². The van der Waals surface area contributed by atoms with Gasteiger partial charge in [0.25, 0.3) is 0 Å². The minimum Gasteiger partial charge on any atom is -0.475 e. The van der Waals surface area contributed by atoms with E-state index >= 15 is 0 Å². The summed E-state index contributed by atoms with van der Waals surface area (Å²) in [6.45, 7) is 11.3. The highest BCUT2D eigenvalue weighted by molar-refractivity contribution is 5.38. The van der Waals surface area contributed by atoms with Gasteiger partial charge in [0.05, 0.1) is 6.61 Å². The second kappa shape index (κ2) is 10.4. The van der Waals surface area contributed by atoms with E-state index in [1.165, 1.54) is 0 Å². The third kappa shape index (κ3) is 7.85. The predicted molar refractivity (Wildman–Crippen MR) is 86.0 cm³/mol. The van der Waals surface area contributed by atoms with E-state index in [-0.39, 0.29) is 0 Å². The quantitative estimate of drug-likeness (QED) is 0.635. The van der Waals surface area contributed by atoms with Gasteiger partial charge in [0, 0.05) is 25.6 Å². The van der Waals surface area contributed by atoms with Gasteiger partial charge >= 0.3 is 0 Å². The molecule has 0 spiro atoms. The monoisotopic (exact) mass is 295 g/mol. The van der Waals surface area contributed by atoms with E-state index in [1.807, 2.05) is 6.07 Å². The van der Waals surface area contributed by atoms with Crippen LogP contribution in [0.1, 0.15) is 46.4 Å². The van der Waals surface area contributed by atoms with Crippen molar-refractivity contribution in [1.29, 1.82) is 0 Å². The summed E-state index contributed by atoms with van der Waals surface area (Å²) in [5.41, 5.74) is 0. The second-order valence-corrected chi connectivity index (χ2v) is 5.50. The van der Waals surface area contributed by atoms with Crippen molar-refractivity contribution in [2.75, 3.05) is 31.7 Å². The molecule has 1 N–H and O–H groups in total. The summed E-state index contributed by atoms with van der Waals surface area (Å²) in [7, 11) is 0. The largest absolute Gasteiger partial charge is 0.475 e. The lowest BCUT2D eigenvalue weighted by molar-refractivity contribution is 0.0805. The van der Waals surface area contributed by atoms with Crippen LogP contribution in [0.5, 0.6) is 5.88 Å². The minimum absolute atomic E-state index is 0.516. The standard InChI is InChI=1S/C16H29N3O2/c1-5-7-14-18-15(17-8-6-2)11-16(19-14)21-10-9-20-12-13(3)4/h11,13H,5-10,12H2,1-4H3,(H,17,18,19). The summed E-state index contributed by atoms with van der Waals surface area (Å²) in [4.78, 5) is 8.93. The molecule has 0 atom stereocenters. The number of ether oxygens (including phenoxy) is 2. The van der Waals surface area contributed by atoms with Crippen LogP contribution in [-0.4, -0.2) is 36.3 Å². The normalized spacial score (nSPS) is 10.9. The van der Waals surface area contributed by atoms with Crippen LogP contribution in [0.3, 0.4) is 0 Å². The maximum atomic E-state index is 5.68. The zero-order valence-corrected chi connectivity index (χ0v) is 13.8. The molecule has 0 bridgehead atoms. The molecule has 0 aliphatic carbocycles. The SMILES string of the molecule is CCCNc1cc(OCCOCC(C)C)nc(CCC)n1. The summed E-state index contributed by atoms with van der Waals surface area (Å²) < 4.78 is 11.2. The van der Waals surface area contributed by atoms with Crippen LogP contribution in [0.4, 0.5) is 5.82 Å². The van der Waals surface area contributed by atoms with Crippen molar-refractivity contribution < 1.29 is 9.47 Å². The Morgan fingerprint density at radius 3 is 2.62 bits per heavy atom. The lowest BCUT2D eigenvalue weighted by atomic mass is 10.2. The van der Waals surface area contributed by atoms with Crippen LogP contribution >= 0.6 is 0 Å². The summed E-state index contributed by atoms with van der Waals surface area (Å²) in [6.07, 6.45) is 2.95. The molecule has 0 fully saturated rings. The Morgan fingerprint density at radius 2 is 1.95 bits per heavy atom. The van der Waals surface area contributed by atoms with Crippen molar-refractivity contribution in [3.63, 3.8) is 0 Å². The molecule has 0 aliphatic heterocycles. The van der Waals surface area contributed by atoms with Gasteiger partial charge in [-0.2, -0.15) is 4.98 Å². The van der Waals surface area contributed by atoms with Crippen LogP contribution in [0.15, 0.2) is 6.07 Å². The summed E-state index contributed by atoms with van der Waals surface area (Å²) in [5, 5.41) is 3.29. The number of rotatable bonds is 11. The van der Waals surface area contributed by atoms with Crippen LogP contribution in [0.25, 0.3) is 0 Å². The van der Waals surface area contributed by atoms with Gasteiger partial charge < -0.3 is 14.8 Å². The lowest BCUT2D eigenvalue weighted by Gasteiger charge is -2.11. The van der Waals surface area contributed by atoms with Gasteiger partial charge in [-0.1, -0.05) is 27.7 Å². The maximum absolute atomic E-state index is 5.68. The van der Waals surface area contributed by atoms with E-state index in [0.29, 0.717) is 25.0 Å². The molecule has 5 heteroatoms. The summed E-state index contributed by atoms with van der Waals surface area (Å²) in [5.74, 6) is 2.84. The molecular formula is C16H29N3O2. The highest BCUT2D eigenvalue weighted by Gasteiger charge is 2.05. The fourth-order valence-electron chi connectivity index (χ4n) is 1.75. The topological polar surface area (TPSA) is 56.3 Å². The van der Waals surface area contributed by atoms with Crippen molar-refractivity contribution in [2.45, 2.75) is 47.0 Å². The van der Waals surface area contributed by atoms with E-state index in [1.54, 1.807) is 0 Å². The zero-order chi connectivity index (χ0) is 15.5. The van der Waals surface area contributed by atoms with Gasteiger partial charge in [-0.25, -0.2) is 4.98 Å². The smallest absolute Gasteiger partial charge is 0.218 e. The first-order valence-electron chi connectivity index (χ1n) is 7.98. The highest BCUT2D eigenvalue weighted by Crippen LogP contribution is 2.14.